The number of rotatable bonds is 3. The average Bonchev–Trinajstić information content (AvgIpc) is 2.59. The summed E-state index contributed by atoms with van der Waals surface area (Å²) >= 11 is 0. The van der Waals surface area contributed by atoms with Crippen LogP contribution in [-0.2, 0) is 0 Å². The largest absolute Gasteiger partial charge is 0.477 e. The highest BCUT2D eigenvalue weighted by molar-refractivity contribution is 5.89. The molecule has 0 aliphatic heterocycles. The topological polar surface area (TPSA) is 62.2 Å². The molecule has 7 aliphatic rings. The van der Waals surface area contributed by atoms with Crippen molar-refractivity contribution in [3.05, 3.63) is 23.0 Å². The molecular weight excluding hydrogens is 362 g/mol. The average molecular weight is 388 g/mol. The summed E-state index contributed by atoms with van der Waals surface area (Å²) in [5, 5.41) is 13.2. The fourth-order valence-electron chi connectivity index (χ4n) is 7.96. The molecule has 7 aliphatic carbocycles. The van der Waals surface area contributed by atoms with E-state index >= 15 is 8.78 Å². The SMILES string of the molecule is O=C(O)c1ncc(NC23CC4CC(F)(CC(F)(C4)C2)C3)c2c1C1CCC2CC1. The lowest BCUT2D eigenvalue weighted by atomic mass is 9.50. The number of carbonyl (C=O) groups is 1. The van der Waals surface area contributed by atoms with E-state index in [2.05, 4.69) is 10.3 Å². The molecule has 2 N–H and O–H groups in total. The van der Waals surface area contributed by atoms with Crippen LogP contribution in [0, 0.1) is 5.92 Å². The third-order valence-corrected chi connectivity index (χ3v) is 8.24. The van der Waals surface area contributed by atoms with Gasteiger partial charge in [-0.3, -0.25) is 0 Å². The van der Waals surface area contributed by atoms with E-state index in [4.69, 9.17) is 0 Å². The maximum Gasteiger partial charge on any atom is 0.354 e. The number of fused-ring (bicyclic) bond motifs is 2. The molecule has 2 unspecified atom stereocenters. The standard InChI is InChI=1S/C22H26F2N2O2/c23-20-5-12-6-21(24,9-20)11-22(7-12,10-20)26-15-8-25-18(19(27)28)17-14-3-1-13(2-4-14)16(15)17/h8,12-14,26H,1-7,9-11H2,(H,27,28). The minimum Gasteiger partial charge on any atom is -0.477 e. The zero-order valence-corrected chi connectivity index (χ0v) is 15.9. The van der Waals surface area contributed by atoms with Gasteiger partial charge in [-0.05, 0) is 73.8 Å². The first-order chi connectivity index (χ1) is 13.3. The molecule has 28 heavy (non-hydrogen) atoms. The van der Waals surface area contributed by atoms with Gasteiger partial charge in [0.15, 0.2) is 5.69 Å². The van der Waals surface area contributed by atoms with Crippen molar-refractivity contribution < 1.29 is 18.7 Å². The number of hydrogen-bond donors (Lipinski definition) is 2. The molecule has 0 spiro atoms. The molecule has 6 heteroatoms. The highest BCUT2D eigenvalue weighted by Crippen LogP contribution is 2.63. The van der Waals surface area contributed by atoms with Crippen LogP contribution in [0.1, 0.15) is 97.7 Å². The van der Waals surface area contributed by atoms with Crippen LogP contribution >= 0.6 is 0 Å². The third kappa shape index (κ3) is 2.32. The molecule has 2 atom stereocenters. The zero-order valence-electron chi connectivity index (χ0n) is 15.9. The van der Waals surface area contributed by atoms with Gasteiger partial charge in [0.25, 0.3) is 0 Å². The Morgan fingerprint density at radius 3 is 2.18 bits per heavy atom. The van der Waals surface area contributed by atoms with Crippen molar-refractivity contribution >= 4 is 11.7 Å². The van der Waals surface area contributed by atoms with Crippen molar-refractivity contribution in [3.63, 3.8) is 0 Å². The number of halogens is 2. The summed E-state index contributed by atoms with van der Waals surface area (Å²) in [6, 6.07) is 0. The number of nitrogens with zero attached hydrogens (tertiary/aromatic N) is 1. The molecule has 6 bridgehead atoms. The number of aromatic nitrogens is 1. The second kappa shape index (κ2) is 5.25. The van der Waals surface area contributed by atoms with Crippen molar-refractivity contribution in [2.75, 3.05) is 5.32 Å². The first-order valence-electron chi connectivity index (χ1n) is 10.7. The van der Waals surface area contributed by atoms with Gasteiger partial charge in [0.05, 0.1) is 11.9 Å². The molecule has 5 saturated carbocycles. The van der Waals surface area contributed by atoms with E-state index in [1.165, 1.54) is 0 Å². The lowest BCUT2D eigenvalue weighted by molar-refractivity contribution is -0.137. The minimum absolute atomic E-state index is 0.0406. The van der Waals surface area contributed by atoms with Gasteiger partial charge in [-0.15, -0.1) is 0 Å². The Morgan fingerprint density at radius 2 is 1.61 bits per heavy atom. The Labute approximate surface area is 163 Å². The lowest BCUT2D eigenvalue weighted by Crippen LogP contribution is -2.65. The first-order valence-corrected chi connectivity index (χ1v) is 10.7. The van der Waals surface area contributed by atoms with Gasteiger partial charge in [0, 0.05) is 24.8 Å². The predicted octanol–water partition coefficient (Wildman–Crippen LogP) is 5.10. The van der Waals surface area contributed by atoms with Crippen molar-refractivity contribution in [2.24, 2.45) is 5.92 Å². The summed E-state index contributed by atoms with van der Waals surface area (Å²) < 4.78 is 30.7. The fraction of sp³-hybridized carbons (Fsp3) is 0.727. The molecule has 8 rings (SSSR count). The van der Waals surface area contributed by atoms with Gasteiger partial charge in [0.2, 0.25) is 0 Å². The highest BCUT2D eigenvalue weighted by atomic mass is 19.2. The Balaban J connectivity index is 1.44. The Bertz CT molecular complexity index is 862. The first kappa shape index (κ1) is 17.2. The number of carboxylic acid groups (broad SMARTS) is 1. The summed E-state index contributed by atoms with van der Waals surface area (Å²) in [5.74, 6) is -0.305. The maximum atomic E-state index is 15.4. The van der Waals surface area contributed by atoms with Gasteiger partial charge >= 0.3 is 5.97 Å². The van der Waals surface area contributed by atoms with Crippen molar-refractivity contribution in [3.8, 4) is 0 Å². The fourth-order valence-corrected chi connectivity index (χ4v) is 7.96. The predicted molar refractivity (Wildman–Crippen MR) is 100 cm³/mol. The molecule has 0 amide bonds. The number of aromatic carboxylic acids is 1. The van der Waals surface area contributed by atoms with Crippen LogP contribution in [0.2, 0.25) is 0 Å². The van der Waals surface area contributed by atoms with E-state index in [-0.39, 0.29) is 24.0 Å². The molecule has 150 valence electrons. The number of nitrogens with one attached hydrogen (secondary N) is 1. The van der Waals surface area contributed by atoms with Gasteiger partial charge in [-0.2, -0.15) is 0 Å². The van der Waals surface area contributed by atoms with Gasteiger partial charge in [-0.25, -0.2) is 18.6 Å². The van der Waals surface area contributed by atoms with E-state index in [1.807, 2.05) is 0 Å². The summed E-state index contributed by atoms with van der Waals surface area (Å²) in [7, 11) is 0. The third-order valence-electron chi connectivity index (χ3n) is 8.24. The summed E-state index contributed by atoms with van der Waals surface area (Å²) in [4.78, 5) is 16.1. The van der Waals surface area contributed by atoms with E-state index in [0.717, 1.165) is 48.9 Å². The summed E-state index contributed by atoms with van der Waals surface area (Å²) in [5.41, 5.74) is -0.419. The number of alkyl halides is 2. The smallest absolute Gasteiger partial charge is 0.354 e. The van der Waals surface area contributed by atoms with Crippen LogP contribution < -0.4 is 5.32 Å². The number of pyridine rings is 1. The van der Waals surface area contributed by atoms with Gasteiger partial charge in [0.1, 0.15) is 11.3 Å². The van der Waals surface area contributed by atoms with Gasteiger partial charge in [-0.1, -0.05) is 0 Å². The summed E-state index contributed by atoms with van der Waals surface area (Å²) in [6.45, 7) is 0. The van der Waals surface area contributed by atoms with Crippen molar-refractivity contribution in [2.45, 2.75) is 92.9 Å². The Kier molecular flexibility index (Phi) is 3.22. The van der Waals surface area contributed by atoms with Crippen LogP contribution in [0.4, 0.5) is 14.5 Å². The van der Waals surface area contributed by atoms with Crippen LogP contribution in [0.5, 0.6) is 0 Å². The van der Waals surface area contributed by atoms with E-state index < -0.39 is 22.8 Å². The lowest BCUT2D eigenvalue weighted by Gasteiger charge is -2.61. The van der Waals surface area contributed by atoms with Crippen molar-refractivity contribution in [1.29, 1.82) is 0 Å². The van der Waals surface area contributed by atoms with E-state index in [1.54, 1.807) is 6.20 Å². The van der Waals surface area contributed by atoms with Crippen LogP contribution in [0.3, 0.4) is 0 Å². The second-order valence-electron chi connectivity index (χ2n) is 10.4. The normalized spacial score (nSPS) is 45.1. The molecule has 0 aromatic carbocycles. The molecule has 0 radical (unpaired) electrons. The zero-order chi connectivity index (χ0) is 19.3. The van der Waals surface area contributed by atoms with Crippen LogP contribution in [0.25, 0.3) is 0 Å². The molecule has 1 aromatic rings. The summed E-state index contributed by atoms with van der Waals surface area (Å²) in [6.07, 6.45) is 8.29. The van der Waals surface area contributed by atoms with Crippen LogP contribution in [0.15, 0.2) is 6.20 Å². The molecule has 5 fully saturated rings. The minimum atomic E-state index is -1.41. The van der Waals surface area contributed by atoms with E-state index in [9.17, 15) is 9.90 Å². The highest BCUT2D eigenvalue weighted by Gasteiger charge is 2.65. The molecule has 1 aromatic heterocycles. The van der Waals surface area contributed by atoms with Gasteiger partial charge < -0.3 is 10.4 Å². The Hall–Kier alpha value is -1.72. The molecule has 4 nitrogen and oxygen atoms in total. The van der Waals surface area contributed by atoms with Crippen LogP contribution in [-0.4, -0.2) is 32.9 Å². The number of carboxylic acids is 1. The Morgan fingerprint density at radius 1 is 1.00 bits per heavy atom. The monoisotopic (exact) mass is 388 g/mol. The second-order valence-corrected chi connectivity index (χ2v) is 10.4. The molecular formula is C22H26F2N2O2. The number of hydrogen-bond acceptors (Lipinski definition) is 3. The van der Waals surface area contributed by atoms with E-state index in [0.29, 0.717) is 31.6 Å². The van der Waals surface area contributed by atoms with Crippen molar-refractivity contribution in [1.82, 2.24) is 4.98 Å². The molecule has 1 heterocycles. The maximum absolute atomic E-state index is 15.4. The molecule has 0 saturated heterocycles. The quantitative estimate of drug-likeness (QED) is 0.756. The number of anilines is 1.